The topological polar surface area (TPSA) is 20.3 Å². The highest BCUT2D eigenvalue weighted by molar-refractivity contribution is 5.91. The van der Waals surface area contributed by atoms with E-state index in [2.05, 4.69) is 0 Å². The Morgan fingerprint density at radius 2 is 1.88 bits per heavy atom. The lowest BCUT2D eigenvalue weighted by atomic mass is 10.1. The molecular formula is C14H19NO. The summed E-state index contributed by atoms with van der Waals surface area (Å²) in [7, 11) is 0. The summed E-state index contributed by atoms with van der Waals surface area (Å²) in [6.45, 7) is 7.54. The van der Waals surface area contributed by atoms with Gasteiger partial charge in [0.05, 0.1) is 0 Å². The van der Waals surface area contributed by atoms with Gasteiger partial charge in [-0.3, -0.25) is 4.79 Å². The Morgan fingerprint density at radius 3 is 2.44 bits per heavy atom. The molecule has 2 nitrogen and oxygen atoms in total. The van der Waals surface area contributed by atoms with Crippen LogP contribution in [0.3, 0.4) is 0 Å². The van der Waals surface area contributed by atoms with Crippen LogP contribution in [0.4, 0.5) is 0 Å². The summed E-state index contributed by atoms with van der Waals surface area (Å²) in [5, 5.41) is 0. The minimum absolute atomic E-state index is 0.0771. The average molecular weight is 217 g/mol. The lowest BCUT2D eigenvalue weighted by Gasteiger charge is -2.15. The fraction of sp³-hybridized carbons (Fsp3) is 0.357. The summed E-state index contributed by atoms with van der Waals surface area (Å²) in [6, 6.07) is 8.04. The second kappa shape index (κ2) is 6.11. The van der Waals surface area contributed by atoms with Gasteiger partial charge in [0.1, 0.15) is 0 Å². The highest BCUT2D eigenvalue weighted by atomic mass is 16.2. The lowest BCUT2D eigenvalue weighted by Crippen LogP contribution is -2.28. The van der Waals surface area contributed by atoms with Crippen LogP contribution in [0.15, 0.2) is 30.3 Å². The van der Waals surface area contributed by atoms with Crippen molar-refractivity contribution in [3.05, 3.63) is 41.5 Å². The number of likely N-dealkylation sites (N-methyl/N-ethyl adjacent to an activating group) is 1. The van der Waals surface area contributed by atoms with E-state index in [1.165, 1.54) is 5.56 Å². The zero-order chi connectivity index (χ0) is 12.0. The van der Waals surface area contributed by atoms with Crippen LogP contribution in [-0.2, 0) is 4.79 Å². The van der Waals surface area contributed by atoms with Crippen LogP contribution >= 0.6 is 0 Å². The van der Waals surface area contributed by atoms with Gasteiger partial charge in [-0.2, -0.15) is 0 Å². The number of benzene rings is 1. The van der Waals surface area contributed by atoms with Gasteiger partial charge >= 0.3 is 0 Å². The van der Waals surface area contributed by atoms with E-state index in [4.69, 9.17) is 0 Å². The number of rotatable bonds is 4. The van der Waals surface area contributed by atoms with E-state index in [9.17, 15) is 4.79 Å². The third kappa shape index (κ3) is 3.23. The van der Waals surface area contributed by atoms with Crippen molar-refractivity contribution < 1.29 is 4.79 Å². The standard InChI is InChI=1S/C14H19NO/c1-4-15(5-2)14(16)11-10-13-9-7-6-8-12(13)3/h6-11H,4-5H2,1-3H3. The number of hydrogen-bond donors (Lipinski definition) is 0. The number of hydrogen-bond acceptors (Lipinski definition) is 1. The van der Waals surface area contributed by atoms with Crippen molar-refractivity contribution in [3.63, 3.8) is 0 Å². The van der Waals surface area contributed by atoms with Crippen molar-refractivity contribution in [2.75, 3.05) is 13.1 Å². The van der Waals surface area contributed by atoms with Gasteiger partial charge in [0, 0.05) is 19.2 Å². The molecule has 0 atom stereocenters. The smallest absolute Gasteiger partial charge is 0.246 e. The van der Waals surface area contributed by atoms with Crippen LogP contribution in [0, 0.1) is 6.92 Å². The number of nitrogens with zero attached hydrogens (tertiary/aromatic N) is 1. The van der Waals surface area contributed by atoms with E-state index in [1.807, 2.05) is 51.1 Å². The van der Waals surface area contributed by atoms with E-state index in [0.717, 1.165) is 18.7 Å². The minimum Gasteiger partial charge on any atom is -0.340 e. The van der Waals surface area contributed by atoms with Gasteiger partial charge < -0.3 is 4.90 Å². The molecule has 1 rings (SSSR count). The summed E-state index contributed by atoms with van der Waals surface area (Å²) >= 11 is 0. The number of carbonyl (C=O) groups is 1. The van der Waals surface area contributed by atoms with E-state index in [1.54, 1.807) is 11.0 Å². The largest absolute Gasteiger partial charge is 0.340 e. The van der Waals surface area contributed by atoms with Gasteiger partial charge in [0.15, 0.2) is 0 Å². The number of carbonyl (C=O) groups excluding carboxylic acids is 1. The Hall–Kier alpha value is -1.57. The molecule has 0 saturated heterocycles. The first kappa shape index (κ1) is 12.5. The van der Waals surface area contributed by atoms with E-state index < -0.39 is 0 Å². The summed E-state index contributed by atoms with van der Waals surface area (Å²) in [6.07, 6.45) is 3.53. The van der Waals surface area contributed by atoms with Crippen molar-refractivity contribution >= 4 is 12.0 Å². The van der Waals surface area contributed by atoms with Crippen molar-refractivity contribution in [1.29, 1.82) is 0 Å². The van der Waals surface area contributed by atoms with Gasteiger partial charge in [0.25, 0.3) is 0 Å². The predicted molar refractivity (Wildman–Crippen MR) is 68.1 cm³/mol. The van der Waals surface area contributed by atoms with E-state index in [0.29, 0.717) is 0 Å². The third-order valence-electron chi connectivity index (χ3n) is 2.67. The second-order valence-corrected chi connectivity index (χ2v) is 3.70. The molecule has 16 heavy (non-hydrogen) atoms. The fourth-order valence-corrected chi connectivity index (χ4v) is 1.58. The van der Waals surface area contributed by atoms with Crippen LogP contribution < -0.4 is 0 Å². The molecule has 0 bridgehead atoms. The maximum atomic E-state index is 11.7. The van der Waals surface area contributed by atoms with Gasteiger partial charge in [0.2, 0.25) is 5.91 Å². The van der Waals surface area contributed by atoms with Gasteiger partial charge in [-0.1, -0.05) is 24.3 Å². The molecule has 0 aliphatic heterocycles. The van der Waals surface area contributed by atoms with Crippen molar-refractivity contribution in [1.82, 2.24) is 4.90 Å². The van der Waals surface area contributed by atoms with E-state index >= 15 is 0 Å². The Kier molecular flexibility index (Phi) is 4.77. The molecule has 0 radical (unpaired) electrons. The molecule has 0 aromatic heterocycles. The third-order valence-corrected chi connectivity index (χ3v) is 2.67. The first-order chi connectivity index (χ1) is 7.69. The summed E-state index contributed by atoms with van der Waals surface area (Å²) in [5.41, 5.74) is 2.29. The number of aryl methyl sites for hydroxylation is 1. The molecule has 0 N–H and O–H groups in total. The Balaban J connectivity index is 2.74. The number of amides is 1. The molecule has 2 heteroatoms. The van der Waals surface area contributed by atoms with Gasteiger partial charge in [-0.25, -0.2) is 0 Å². The molecule has 0 unspecified atom stereocenters. The minimum atomic E-state index is 0.0771. The van der Waals surface area contributed by atoms with Crippen molar-refractivity contribution in [2.45, 2.75) is 20.8 Å². The lowest BCUT2D eigenvalue weighted by molar-refractivity contribution is -0.125. The highest BCUT2D eigenvalue weighted by Crippen LogP contribution is 2.09. The zero-order valence-electron chi connectivity index (χ0n) is 10.2. The van der Waals surface area contributed by atoms with Crippen molar-refractivity contribution in [3.8, 4) is 0 Å². The molecule has 0 aliphatic rings. The predicted octanol–water partition coefficient (Wildman–Crippen LogP) is 2.88. The van der Waals surface area contributed by atoms with Gasteiger partial charge in [-0.15, -0.1) is 0 Å². The van der Waals surface area contributed by atoms with Crippen molar-refractivity contribution in [2.24, 2.45) is 0 Å². The Morgan fingerprint density at radius 1 is 1.25 bits per heavy atom. The molecule has 86 valence electrons. The molecule has 0 spiro atoms. The first-order valence-corrected chi connectivity index (χ1v) is 5.71. The first-order valence-electron chi connectivity index (χ1n) is 5.71. The van der Waals surface area contributed by atoms with Crippen LogP contribution in [0.25, 0.3) is 6.08 Å². The van der Waals surface area contributed by atoms with Crippen LogP contribution in [0.5, 0.6) is 0 Å². The Labute approximate surface area is 97.6 Å². The highest BCUT2D eigenvalue weighted by Gasteiger charge is 2.04. The average Bonchev–Trinajstić information content (AvgIpc) is 2.29. The molecule has 0 aliphatic carbocycles. The summed E-state index contributed by atoms with van der Waals surface area (Å²) in [5.74, 6) is 0.0771. The molecule has 1 aromatic rings. The quantitative estimate of drug-likeness (QED) is 0.710. The maximum Gasteiger partial charge on any atom is 0.246 e. The maximum absolute atomic E-state index is 11.7. The van der Waals surface area contributed by atoms with E-state index in [-0.39, 0.29) is 5.91 Å². The second-order valence-electron chi connectivity index (χ2n) is 3.70. The molecule has 1 amide bonds. The fourth-order valence-electron chi connectivity index (χ4n) is 1.58. The van der Waals surface area contributed by atoms with Crippen LogP contribution in [0.1, 0.15) is 25.0 Å². The molecule has 0 saturated carbocycles. The monoisotopic (exact) mass is 217 g/mol. The normalized spacial score (nSPS) is 10.7. The summed E-state index contributed by atoms with van der Waals surface area (Å²) < 4.78 is 0. The molecule has 1 aromatic carbocycles. The van der Waals surface area contributed by atoms with Crippen LogP contribution in [-0.4, -0.2) is 23.9 Å². The van der Waals surface area contributed by atoms with Gasteiger partial charge in [-0.05, 0) is 38.0 Å². The molecule has 0 fully saturated rings. The summed E-state index contributed by atoms with van der Waals surface area (Å²) in [4.78, 5) is 13.5. The SMILES string of the molecule is CCN(CC)C(=O)C=Cc1ccccc1C. The zero-order valence-corrected chi connectivity index (χ0v) is 10.2. The molecule has 0 heterocycles. The Bertz CT molecular complexity index is 378. The molecular weight excluding hydrogens is 198 g/mol. The van der Waals surface area contributed by atoms with Crippen LogP contribution in [0.2, 0.25) is 0 Å².